The van der Waals surface area contributed by atoms with Crippen LogP contribution in [-0.2, 0) is 0 Å². The fraction of sp³-hybridized carbons (Fsp3) is 0.438. The van der Waals surface area contributed by atoms with Gasteiger partial charge in [0.15, 0.2) is 0 Å². The molecule has 0 spiro atoms. The smallest absolute Gasteiger partial charge is 0.323 e. The van der Waals surface area contributed by atoms with Gasteiger partial charge in [-0.1, -0.05) is 31.4 Å². The number of rotatable bonds is 3. The van der Waals surface area contributed by atoms with Gasteiger partial charge in [0.25, 0.3) is 0 Å². The number of nitrogen functional groups attached to an aromatic ring is 1. The molecule has 108 valence electrons. The zero-order valence-corrected chi connectivity index (χ0v) is 12.0. The van der Waals surface area contributed by atoms with Crippen LogP contribution in [0, 0.1) is 12.8 Å². The van der Waals surface area contributed by atoms with Gasteiger partial charge >= 0.3 is 6.03 Å². The van der Waals surface area contributed by atoms with Crippen molar-refractivity contribution in [2.45, 2.75) is 39.0 Å². The lowest BCUT2D eigenvalue weighted by Crippen LogP contribution is -2.24. The minimum absolute atomic E-state index is 0.257. The Morgan fingerprint density at radius 2 is 2.05 bits per heavy atom. The van der Waals surface area contributed by atoms with Gasteiger partial charge in [-0.15, -0.1) is 0 Å². The predicted molar refractivity (Wildman–Crippen MR) is 83.5 cm³/mol. The maximum atomic E-state index is 11.8. The van der Waals surface area contributed by atoms with Crippen LogP contribution >= 0.6 is 0 Å². The summed E-state index contributed by atoms with van der Waals surface area (Å²) >= 11 is 0. The molecule has 1 fully saturated rings. The lowest BCUT2D eigenvalue weighted by atomic mass is 9.89. The molecule has 1 aromatic rings. The molecule has 2 rings (SSSR count). The maximum absolute atomic E-state index is 11.8. The van der Waals surface area contributed by atoms with E-state index in [0.29, 0.717) is 17.3 Å². The average Bonchev–Trinajstić information content (AvgIpc) is 2.43. The molecule has 0 aromatic heterocycles. The van der Waals surface area contributed by atoms with Gasteiger partial charge in [0, 0.05) is 6.20 Å². The number of carbonyl (C=O) groups is 1. The van der Waals surface area contributed by atoms with E-state index < -0.39 is 0 Å². The molecule has 4 heteroatoms. The molecule has 0 radical (unpaired) electrons. The first-order valence-corrected chi connectivity index (χ1v) is 7.25. The maximum Gasteiger partial charge on any atom is 0.323 e. The number of anilines is 2. The number of benzene rings is 1. The van der Waals surface area contributed by atoms with E-state index in [0.717, 1.165) is 5.56 Å². The first kappa shape index (κ1) is 14.4. The van der Waals surface area contributed by atoms with Crippen LogP contribution in [0.15, 0.2) is 30.5 Å². The molecule has 0 heterocycles. The Labute approximate surface area is 120 Å². The van der Waals surface area contributed by atoms with Gasteiger partial charge in [0.05, 0.1) is 11.4 Å². The van der Waals surface area contributed by atoms with E-state index in [2.05, 4.69) is 16.7 Å². The van der Waals surface area contributed by atoms with Crippen molar-refractivity contribution in [3.8, 4) is 0 Å². The van der Waals surface area contributed by atoms with Crippen molar-refractivity contribution in [2.75, 3.05) is 11.1 Å². The third-order valence-corrected chi connectivity index (χ3v) is 3.69. The Hall–Kier alpha value is -1.97. The molecule has 4 nitrogen and oxygen atoms in total. The van der Waals surface area contributed by atoms with Crippen LogP contribution in [-0.4, -0.2) is 6.03 Å². The number of allylic oxidation sites excluding steroid dienone is 1. The lowest BCUT2D eigenvalue weighted by molar-refractivity contribution is 0.255. The first-order chi connectivity index (χ1) is 9.65. The summed E-state index contributed by atoms with van der Waals surface area (Å²) in [7, 11) is 0. The van der Waals surface area contributed by atoms with Gasteiger partial charge in [0.2, 0.25) is 0 Å². The summed E-state index contributed by atoms with van der Waals surface area (Å²) in [5.74, 6) is 0.605. The third-order valence-electron chi connectivity index (χ3n) is 3.69. The van der Waals surface area contributed by atoms with Gasteiger partial charge in [-0.25, -0.2) is 4.79 Å². The first-order valence-electron chi connectivity index (χ1n) is 7.25. The molecule has 1 aromatic carbocycles. The summed E-state index contributed by atoms with van der Waals surface area (Å²) in [6, 6.07) is 5.32. The van der Waals surface area contributed by atoms with Gasteiger partial charge in [0.1, 0.15) is 0 Å². The normalized spacial score (nSPS) is 16.2. The summed E-state index contributed by atoms with van der Waals surface area (Å²) < 4.78 is 0. The summed E-state index contributed by atoms with van der Waals surface area (Å²) in [6.45, 7) is 1.97. The molecule has 0 atom stereocenters. The van der Waals surface area contributed by atoms with Crippen LogP contribution in [0.3, 0.4) is 0 Å². The Kier molecular flexibility index (Phi) is 5.04. The van der Waals surface area contributed by atoms with Crippen molar-refractivity contribution < 1.29 is 4.79 Å². The topological polar surface area (TPSA) is 67.2 Å². The molecule has 4 N–H and O–H groups in total. The standard InChI is InChI=1S/C16H23N3O/c1-12-7-8-15(14(17)11-12)19-16(20)18-10-9-13-5-3-2-4-6-13/h7-11,13H,2-6,17H2,1H3,(H2,18,19,20)/b10-9+. The van der Waals surface area contributed by atoms with E-state index in [1.807, 2.05) is 25.1 Å². The zero-order valence-electron chi connectivity index (χ0n) is 12.0. The molecule has 1 aliphatic rings. The zero-order chi connectivity index (χ0) is 14.4. The molecule has 1 saturated carbocycles. The largest absolute Gasteiger partial charge is 0.397 e. The van der Waals surface area contributed by atoms with Gasteiger partial charge < -0.3 is 16.4 Å². The van der Waals surface area contributed by atoms with Crippen molar-refractivity contribution >= 4 is 17.4 Å². The van der Waals surface area contributed by atoms with Crippen LogP contribution in [0.4, 0.5) is 16.2 Å². The lowest BCUT2D eigenvalue weighted by Gasteiger charge is -2.17. The number of aryl methyl sites for hydroxylation is 1. The molecular weight excluding hydrogens is 250 g/mol. The second-order valence-electron chi connectivity index (χ2n) is 5.45. The number of nitrogens with one attached hydrogen (secondary N) is 2. The minimum Gasteiger partial charge on any atom is -0.397 e. The highest BCUT2D eigenvalue weighted by Crippen LogP contribution is 2.24. The van der Waals surface area contributed by atoms with Crippen LogP contribution in [0.2, 0.25) is 0 Å². The molecule has 0 bridgehead atoms. The molecule has 1 aliphatic carbocycles. The van der Waals surface area contributed by atoms with Crippen molar-refractivity contribution in [3.05, 3.63) is 36.0 Å². The molecule has 20 heavy (non-hydrogen) atoms. The van der Waals surface area contributed by atoms with E-state index in [1.54, 1.807) is 6.20 Å². The monoisotopic (exact) mass is 273 g/mol. The van der Waals surface area contributed by atoms with Gasteiger partial charge in [-0.2, -0.15) is 0 Å². The highest BCUT2D eigenvalue weighted by molar-refractivity contribution is 5.93. The summed E-state index contributed by atoms with van der Waals surface area (Å²) in [4.78, 5) is 11.8. The highest BCUT2D eigenvalue weighted by Gasteiger charge is 2.10. The number of amides is 2. The Morgan fingerprint density at radius 3 is 2.75 bits per heavy atom. The highest BCUT2D eigenvalue weighted by atomic mass is 16.2. The van der Waals surface area contributed by atoms with E-state index in [9.17, 15) is 4.79 Å². The van der Waals surface area contributed by atoms with Crippen LogP contribution in [0.5, 0.6) is 0 Å². The molecule has 0 saturated heterocycles. The average molecular weight is 273 g/mol. The molecular formula is C16H23N3O. The number of hydrogen-bond donors (Lipinski definition) is 3. The Bertz CT molecular complexity index is 490. The number of urea groups is 1. The fourth-order valence-electron chi connectivity index (χ4n) is 2.54. The van der Waals surface area contributed by atoms with Crippen LogP contribution in [0.1, 0.15) is 37.7 Å². The van der Waals surface area contributed by atoms with E-state index in [-0.39, 0.29) is 6.03 Å². The number of carbonyl (C=O) groups excluding carboxylic acids is 1. The fourth-order valence-corrected chi connectivity index (χ4v) is 2.54. The van der Waals surface area contributed by atoms with Gasteiger partial charge in [-0.05, 0) is 43.4 Å². The van der Waals surface area contributed by atoms with E-state index in [1.165, 1.54) is 32.1 Å². The molecule has 0 aliphatic heterocycles. The van der Waals surface area contributed by atoms with Crippen molar-refractivity contribution in [3.63, 3.8) is 0 Å². The minimum atomic E-state index is -0.257. The second kappa shape index (κ2) is 6.98. The summed E-state index contributed by atoms with van der Waals surface area (Å²) in [6.07, 6.45) is 10.2. The summed E-state index contributed by atoms with van der Waals surface area (Å²) in [5.41, 5.74) is 8.15. The van der Waals surface area contributed by atoms with Crippen molar-refractivity contribution in [1.29, 1.82) is 0 Å². The Morgan fingerprint density at radius 1 is 1.30 bits per heavy atom. The van der Waals surface area contributed by atoms with Crippen LogP contribution < -0.4 is 16.4 Å². The Balaban J connectivity index is 1.81. The predicted octanol–water partition coefficient (Wildman–Crippen LogP) is 3.79. The van der Waals surface area contributed by atoms with E-state index in [4.69, 9.17) is 5.73 Å². The molecule has 0 unspecified atom stereocenters. The van der Waals surface area contributed by atoms with Crippen molar-refractivity contribution in [1.82, 2.24) is 5.32 Å². The van der Waals surface area contributed by atoms with Crippen LogP contribution in [0.25, 0.3) is 0 Å². The number of nitrogens with two attached hydrogens (primary N) is 1. The summed E-state index contributed by atoms with van der Waals surface area (Å²) in [5, 5.41) is 5.48. The van der Waals surface area contributed by atoms with E-state index >= 15 is 0 Å². The second-order valence-corrected chi connectivity index (χ2v) is 5.45. The van der Waals surface area contributed by atoms with Crippen molar-refractivity contribution in [2.24, 2.45) is 5.92 Å². The molecule has 2 amide bonds. The quantitative estimate of drug-likeness (QED) is 0.733. The third kappa shape index (κ3) is 4.30. The SMILES string of the molecule is Cc1ccc(NC(=O)N/C=C/C2CCCCC2)c(N)c1. The number of hydrogen-bond acceptors (Lipinski definition) is 2. The van der Waals surface area contributed by atoms with Gasteiger partial charge in [-0.3, -0.25) is 0 Å².